The van der Waals surface area contributed by atoms with E-state index in [1.165, 1.54) is 17.2 Å². The van der Waals surface area contributed by atoms with Crippen molar-refractivity contribution in [3.63, 3.8) is 0 Å². The van der Waals surface area contributed by atoms with Gasteiger partial charge in [0.25, 0.3) is 5.91 Å². The Labute approximate surface area is 195 Å². The third kappa shape index (κ3) is 5.74. The molecule has 4 rings (SSSR count). The van der Waals surface area contributed by atoms with Gasteiger partial charge in [-0.25, -0.2) is 14.8 Å². The summed E-state index contributed by atoms with van der Waals surface area (Å²) in [6, 6.07) is 19.5. The normalized spacial score (nSPS) is 10.6. The first kappa shape index (κ1) is 22.5. The summed E-state index contributed by atoms with van der Waals surface area (Å²) in [5.41, 5.74) is 8.26. The van der Waals surface area contributed by atoms with Gasteiger partial charge in [0.05, 0.1) is 30.7 Å². The minimum Gasteiger partial charge on any atom is -0.465 e. The lowest BCUT2D eigenvalue weighted by atomic mass is 10.2. The van der Waals surface area contributed by atoms with Gasteiger partial charge in [-0.05, 0) is 35.9 Å². The first-order valence-electron chi connectivity index (χ1n) is 10.4. The standard InChI is InChI=1S/C24H22N6O4/c25-23-28-19(21-10-5-11-34-21)12-20(29-23)22(31)26-13-17-8-4-9-18(27-17)15-30(24(32)33)14-16-6-2-1-3-7-16/h1-12H,13-15H2,(H,26,31)(H,32,33)(H2,25,28,29). The van der Waals surface area contributed by atoms with E-state index in [4.69, 9.17) is 10.2 Å². The number of carboxylic acid groups (broad SMARTS) is 1. The van der Waals surface area contributed by atoms with Crippen molar-refractivity contribution < 1.29 is 19.1 Å². The maximum absolute atomic E-state index is 12.6. The quantitative estimate of drug-likeness (QED) is 0.364. The molecule has 4 N–H and O–H groups in total. The molecule has 10 nitrogen and oxygen atoms in total. The number of carbonyl (C=O) groups excluding carboxylic acids is 1. The smallest absolute Gasteiger partial charge is 0.407 e. The van der Waals surface area contributed by atoms with Crippen molar-refractivity contribution in [1.82, 2.24) is 25.2 Å². The number of anilines is 1. The minimum absolute atomic E-state index is 0.0497. The summed E-state index contributed by atoms with van der Waals surface area (Å²) in [5, 5.41) is 12.3. The van der Waals surface area contributed by atoms with Crippen LogP contribution in [0.4, 0.5) is 10.7 Å². The fraction of sp³-hybridized carbons (Fsp3) is 0.125. The molecule has 34 heavy (non-hydrogen) atoms. The van der Waals surface area contributed by atoms with Gasteiger partial charge in [-0.2, -0.15) is 0 Å². The molecule has 0 unspecified atom stereocenters. The van der Waals surface area contributed by atoms with Gasteiger partial charge in [0, 0.05) is 6.54 Å². The number of nitrogens with one attached hydrogen (secondary N) is 1. The summed E-state index contributed by atoms with van der Waals surface area (Å²) in [7, 11) is 0. The number of aromatic nitrogens is 3. The zero-order valence-corrected chi connectivity index (χ0v) is 18.1. The Kier molecular flexibility index (Phi) is 6.78. The van der Waals surface area contributed by atoms with E-state index < -0.39 is 12.0 Å². The molecular formula is C24H22N6O4. The number of nitrogens with zero attached hydrogens (tertiary/aromatic N) is 4. The van der Waals surface area contributed by atoms with Gasteiger partial charge in [-0.1, -0.05) is 36.4 Å². The van der Waals surface area contributed by atoms with E-state index in [-0.39, 0.29) is 31.3 Å². The highest BCUT2D eigenvalue weighted by molar-refractivity contribution is 5.93. The summed E-state index contributed by atoms with van der Waals surface area (Å²) in [6.45, 7) is 0.478. The second-order valence-corrected chi connectivity index (χ2v) is 7.40. The van der Waals surface area contributed by atoms with E-state index in [0.29, 0.717) is 22.8 Å². The summed E-state index contributed by atoms with van der Waals surface area (Å²) < 4.78 is 5.30. The number of hydrogen-bond acceptors (Lipinski definition) is 7. The number of amides is 2. The van der Waals surface area contributed by atoms with Crippen LogP contribution in [0, 0.1) is 0 Å². The van der Waals surface area contributed by atoms with Crippen LogP contribution < -0.4 is 11.1 Å². The van der Waals surface area contributed by atoms with Crippen molar-refractivity contribution >= 4 is 17.9 Å². The average Bonchev–Trinajstić information content (AvgIpc) is 3.38. The lowest BCUT2D eigenvalue weighted by Gasteiger charge is -2.19. The van der Waals surface area contributed by atoms with Crippen LogP contribution in [0.3, 0.4) is 0 Å². The number of nitrogens with two attached hydrogens (primary N) is 1. The SMILES string of the molecule is Nc1nc(C(=O)NCc2cccc(CN(Cc3ccccc3)C(=O)O)n2)cc(-c2ccco2)n1. The highest BCUT2D eigenvalue weighted by Crippen LogP contribution is 2.19. The van der Waals surface area contributed by atoms with E-state index in [0.717, 1.165) is 5.56 Å². The van der Waals surface area contributed by atoms with Crippen LogP contribution in [0.2, 0.25) is 0 Å². The second kappa shape index (κ2) is 10.3. The molecule has 3 aromatic heterocycles. The summed E-state index contributed by atoms with van der Waals surface area (Å²) in [5.74, 6) is -0.0345. The lowest BCUT2D eigenvalue weighted by Crippen LogP contribution is -2.29. The Bertz CT molecular complexity index is 1280. The highest BCUT2D eigenvalue weighted by atomic mass is 16.4. The molecule has 0 aliphatic heterocycles. The number of furan rings is 1. The summed E-state index contributed by atoms with van der Waals surface area (Å²) >= 11 is 0. The molecule has 0 atom stereocenters. The molecule has 2 amide bonds. The van der Waals surface area contributed by atoms with Crippen molar-refractivity contribution in [2.45, 2.75) is 19.6 Å². The van der Waals surface area contributed by atoms with Crippen molar-refractivity contribution in [3.05, 3.63) is 95.6 Å². The van der Waals surface area contributed by atoms with E-state index in [9.17, 15) is 14.7 Å². The van der Waals surface area contributed by atoms with Gasteiger partial charge in [0.15, 0.2) is 5.76 Å². The Morgan fingerprint density at radius 3 is 2.47 bits per heavy atom. The van der Waals surface area contributed by atoms with Crippen LogP contribution in [0.15, 0.2) is 77.4 Å². The van der Waals surface area contributed by atoms with Crippen LogP contribution in [0.25, 0.3) is 11.5 Å². The van der Waals surface area contributed by atoms with E-state index in [2.05, 4.69) is 20.3 Å². The predicted octanol–water partition coefficient (Wildman–Crippen LogP) is 3.32. The fourth-order valence-corrected chi connectivity index (χ4v) is 3.30. The predicted molar refractivity (Wildman–Crippen MR) is 123 cm³/mol. The van der Waals surface area contributed by atoms with Crippen LogP contribution in [-0.2, 0) is 19.6 Å². The van der Waals surface area contributed by atoms with Crippen LogP contribution in [-0.4, -0.2) is 37.0 Å². The van der Waals surface area contributed by atoms with Crippen molar-refractivity contribution in [3.8, 4) is 11.5 Å². The molecule has 0 aliphatic carbocycles. The van der Waals surface area contributed by atoms with Crippen LogP contribution in [0.1, 0.15) is 27.4 Å². The van der Waals surface area contributed by atoms with Crippen molar-refractivity contribution in [2.75, 3.05) is 5.73 Å². The lowest BCUT2D eigenvalue weighted by molar-refractivity contribution is 0.0945. The maximum Gasteiger partial charge on any atom is 0.407 e. The van der Waals surface area contributed by atoms with Gasteiger partial charge in [0.2, 0.25) is 5.95 Å². The first-order valence-corrected chi connectivity index (χ1v) is 10.4. The topological polar surface area (TPSA) is 147 Å². The molecule has 3 heterocycles. The number of hydrogen-bond donors (Lipinski definition) is 3. The Morgan fingerprint density at radius 1 is 0.941 bits per heavy atom. The monoisotopic (exact) mass is 458 g/mol. The van der Waals surface area contributed by atoms with Crippen molar-refractivity contribution in [1.29, 1.82) is 0 Å². The summed E-state index contributed by atoms with van der Waals surface area (Å²) in [6.07, 6.45) is 0.454. The van der Waals surface area contributed by atoms with Crippen LogP contribution in [0.5, 0.6) is 0 Å². The molecule has 0 radical (unpaired) electrons. The molecule has 0 saturated heterocycles. The third-order valence-corrected chi connectivity index (χ3v) is 4.88. The zero-order chi connectivity index (χ0) is 23.9. The molecule has 172 valence electrons. The number of rotatable bonds is 8. The molecule has 1 aromatic carbocycles. The maximum atomic E-state index is 12.6. The van der Waals surface area contributed by atoms with Gasteiger partial charge < -0.3 is 20.6 Å². The number of pyridine rings is 1. The molecular weight excluding hydrogens is 436 g/mol. The Hall–Kier alpha value is -4.73. The molecule has 0 bridgehead atoms. The highest BCUT2D eigenvalue weighted by Gasteiger charge is 2.15. The number of benzene rings is 1. The van der Waals surface area contributed by atoms with Crippen molar-refractivity contribution in [2.24, 2.45) is 0 Å². The molecule has 0 spiro atoms. The number of nitrogen functional groups attached to an aromatic ring is 1. The van der Waals surface area contributed by atoms with Gasteiger partial charge in [0.1, 0.15) is 11.4 Å². The average molecular weight is 458 g/mol. The Balaban J connectivity index is 1.41. The first-order chi connectivity index (χ1) is 16.5. The molecule has 0 saturated carbocycles. The fourth-order valence-electron chi connectivity index (χ4n) is 3.30. The van der Waals surface area contributed by atoms with E-state index >= 15 is 0 Å². The largest absolute Gasteiger partial charge is 0.465 e. The van der Waals surface area contributed by atoms with E-state index in [1.807, 2.05) is 30.3 Å². The third-order valence-electron chi connectivity index (χ3n) is 4.88. The van der Waals surface area contributed by atoms with Crippen LogP contribution >= 0.6 is 0 Å². The Morgan fingerprint density at radius 2 is 1.74 bits per heavy atom. The minimum atomic E-state index is -1.04. The summed E-state index contributed by atoms with van der Waals surface area (Å²) in [4.78, 5) is 38.2. The molecule has 0 fully saturated rings. The molecule has 4 aromatic rings. The van der Waals surface area contributed by atoms with Gasteiger partial charge >= 0.3 is 6.09 Å². The second-order valence-electron chi connectivity index (χ2n) is 7.40. The number of carbonyl (C=O) groups is 2. The molecule has 0 aliphatic rings. The van der Waals surface area contributed by atoms with E-state index in [1.54, 1.807) is 30.3 Å². The molecule has 10 heteroatoms. The van der Waals surface area contributed by atoms with Gasteiger partial charge in [-0.15, -0.1) is 0 Å². The van der Waals surface area contributed by atoms with Gasteiger partial charge in [-0.3, -0.25) is 14.7 Å². The zero-order valence-electron chi connectivity index (χ0n) is 18.1.